The number of rotatable bonds is 4. The van der Waals surface area contributed by atoms with Crippen LogP contribution in [0.1, 0.15) is 0 Å². The van der Waals surface area contributed by atoms with Crippen LogP contribution in [0.25, 0.3) is 0 Å². The molecule has 0 aromatic carbocycles. The Balaban J connectivity index is 1.85. The van der Waals surface area contributed by atoms with Crippen LogP contribution in [-0.2, 0) is 4.79 Å². The molecule has 0 spiro atoms. The first-order valence-electron chi connectivity index (χ1n) is 4.79. The van der Waals surface area contributed by atoms with E-state index in [4.69, 9.17) is 0 Å². The summed E-state index contributed by atoms with van der Waals surface area (Å²) in [5.41, 5.74) is -0.557. The highest BCUT2D eigenvalue weighted by Gasteiger charge is 2.29. The second-order valence-corrected chi connectivity index (χ2v) is 4.13. The Hall–Kier alpha value is -1.90. The van der Waals surface area contributed by atoms with E-state index in [9.17, 15) is 14.4 Å². The summed E-state index contributed by atoms with van der Waals surface area (Å²) in [6.45, 7) is 0.579. The van der Waals surface area contributed by atoms with E-state index in [0.717, 1.165) is 16.7 Å². The summed E-state index contributed by atoms with van der Waals surface area (Å²) >= 11 is 0.989. The van der Waals surface area contributed by atoms with E-state index < -0.39 is 5.69 Å². The van der Waals surface area contributed by atoms with Crippen LogP contribution >= 0.6 is 11.8 Å². The summed E-state index contributed by atoms with van der Waals surface area (Å²) in [7, 11) is 0. The van der Waals surface area contributed by atoms with Gasteiger partial charge in [0.15, 0.2) is 5.82 Å². The molecule has 0 saturated carbocycles. The molecular formula is C8H9N5O3S. The Morgan fingerprint density at radius 2 is 2.29 bits per heavy atom. The number of H-pyrrole nitrogens is 1. The van der Waals surface area contributed by atoms with Gasteiger partial charge < -0.3 is 5.32 Å². The molecular weight excluding hydrogens is 246 g/mol. The van der Waals surface area contributed by atoms with Crippen molar-refractivity contribution in [2.24, 2.45) is 0 Å². The Labute approximate surface area is 99.8 Å². The third-order valence-electron chi connectivity index (χ3n) is 2.05. The van der Waals surface area contributed by atoms with Crippen molar-refractivity contribution >= 4 is 28.7 Å². The lowest BCUT2D eigenvalue weighted by atomic mass is 10.5. The van der Waals surface area contributed by atoms with Gasteiger partial charge in [0.05, 0.1) is 11.9 Å². The summed E-state index contributed by atoms with van der Waals surface area (Å²) in [4.78, 5) is 38.1. The highest BCUT2D eigenvalue weighted by Crippen LogP contribution is 2.17. The first-order valence-corrected chi connectivity index (χ1v) is 5.78. The lowest BCUT2D eigenvalue weighted by molar-refractivity contribution is -0.124. The van der Waals surface area contributed by atoms with Gasteiger partial charge in [0, 0.05) is 13.1 Å². The molecule has 8 nitrogen and oxygen atoms in total. The predicted octanol–water partition coefficient (Wildman–Crippen LogP) is -0.728. The van der Waals surface area contributed by atoms with Crippen molar-refractivity contribution in [2.75, 3.05) is 24.2 Å². The number of nitrogens with zero attached hydrogens (tertiary/aromatic N) is 3. The maximum Gasteiger partial charge on any atom is 0.363 e. The first kappa shape index (κ1) is 11.6. The molecule has 1 saturated heterocycles. The SMILES string of the molecule is O=C1CSC(=O)N1CCNc1cn[nH]c(=O)n1. The Morgan fingerprint density at radius 3 is 2.94 bits per heavy atom. The molecule has 0 atom stereocenters. The number of imide groups is 1. The second kappa shape index (κ2) is 4.95. The fraction of sp³-hybridized carbons (Fsp3) is 0.375. The van der Waals surface area contributed by atoms with Gasteiger partial charge in [0.25, 0.3) is 5.24 Å². The van der Waals surface area contributed by atoms with E-state index in [2.05, 4.69) is 20.5 Å². The van der Waals surface area contributed by atoms with E-state index in [-0.39, 0.29) is 23.4 Å². The average Bonchev–Trinajstić information content (AvgIpc) is 2.61. The van der Waals surface area contributed by atoms with Crippen LogP contribution in [-0.4, -0.2) is 50.1 Å². The fourth-order valence-electron chi connectivity index (χ4n) is 1.29. The molecule has 0 radical (unpaired) electrons. The quantitative estimate of drug-likeness (QED) is 0.730. The number of anilines is 1. The van der Waals surface area contributed by atoms with Crippen LogP contribution < -0.4 is 11.0 Å². The molecule has 2 amide bonds. The normalized spacial score (nSPS) is 15.4. The third kappa shape index (κ3) is 2.81. The van der Waals surface area contributed by atoms with Crippen molar-refractivity contribution < 1.29 is 9.59 Å². The third-order valence-corrected chi connectivity index (χ3v) is 2.91. The average molecular weight is 255 g/mol. The second-order valence-electron chi connectivity index (χ2n) is 3.20. The Kier molecular flexibility index (Phi) is 3.38. The van der Waals surface area contributed by atoms with Crippen molar-refractivity contribution in [1.29, 1.82) is 0 Å². The summed E-state index contributed by atoms with van der Waals surface area (Å²) in [5, 5.41) is 8.25. The van der Waals surface area contributed by atoms with Crippen molar-refractivity contribution in [2.45, 2.75) is 0 Å². The van der Waals surface area contributed by atoms with E-state index in [1.807, 2.05) is 0 Å². The van der Waals surface area contributed by atoms with Crippen LogP contribution in [0.5, 0.6) is 0 Å². The molecule has 0 bridgehead atoms. The van der Waals surface area contributed by atoms with E-state index in [1.54, 1.807) is 0 Å². The summed E-state index contributed by atoms with van der Waals surface area (Å²) in [6, 6.07) is 0. The summed E-state index contributed by atoms with van der Waals surface area (Å²) in [5.74, 6) is 0.309. The number of aromatic nitrogens is 3. The van der Waals surface area contributed by atoms with Gasteiger partial charge in [0.1, 0.15) is 0 Å². The lowest BCUT2D eigenvalue weighted by Crippen LogP contribution is -2.33. The lowest BCUT2D eigenvalue weighted by Gasteiger charge is -2.12. The van der Waals surface area contributed by atoms with Crippen LogP contribution in [0.3, 0.4) is 0 Å². The minimum absolute atomic E-state index is 0.196. The maximum atomic E-state index is 11.3. The van der Waals surface area contributed by atoms with Gasteiger partial charge in [-0.2, -0.15) is 10.1 Å². The smallest absolute Gasteiger partial charge is 0.363 e. The number of nitrogens with one attached hydrogen (secondary N) is 2. The fourth-order valence-corrected chi connectivity index (χ4v) is 2.04. The molecule has 0 aliphatic carbocycles. The van der Waals surface area contributed by atoms with Crippen LogP contribution in [0.15, 0.2) is 11.0 Å². The highest BCUT2D eigenvalue weighted by molar-refractivity contribution is 8.14. The molecule has 17 heavy (non-hydrogen) atoms. The van der Waals surface area contributed by atoms with Gasteiger partial charge in [-0.15, -0.1) is 0 Å². The van der Waals surface area contributed by atoms with Crippen molar-refractivity contribution in [1.82, 2.24) is 20.1 Å². The van der Waals surface area contributed by atoms with Gasteiger partial charge in [-0.25, -0.2) is 9.89 Å². The van der Waals surface area contributed by atoms with Crippen molar-refractivity contribution in [3.63, 3.8) is 0 Å². The first-order chi connectivity index (χ1) is 8.16. The molecule has 2 N–H and O–H groups in total. The zero-order chi connectivity index (χ0) is 12.3. The zero-order valence-electron chi connectivity index (χ0n) is 8.67. The maximum absolute atomic E-state index is 11.3. The van der Waals surface area contributed by atoms with E-state index >= 15 is 0 Å². The molecule has 1 aromatic heterocycles. The van der Waals surface area contributed by atoms with E-state index in [1.165, 1.54) is 6.20 Å². The Morgan fingerprint density at radius 1 is 1.47 bits per heavy atom. The molecule has 1 aromatic rings. The molecule has 9 heteroatoms. The molecule has 2 heterocycles. The minimum atomic E-state index is -0.557. The molecule has 1 aliphatic heterocycles. The number of hydrogen-bond donors (Lipinski definition) is 2. The predicted molar refractivity (Wildman–Crippen MR) is 60.7 cm³/mol. The van der Waals surface area contributed by atoms with Crippen molar-refractivity contribution in [3.8, 4) is 0 Å². The van der Waals surface area contributed by atoms with Gasteiger partial charge in [-0.3, -0.25) is 14.5 Å². The van der Waals surface area contributed by atoms with Crippen LogP contribution in [0.4, 0.5) is 10.6 Å². The molecule has 0 unspecified atom stereocenters. The largest absolute Gasteiger partial charge is 0.367 e. The molecule has 1 fully saturated rings. The highest BCUT2D eigenvalue weighted by atomic mass is 32.2. The molecule has 90 valence electrons. The van der Waals surface area contributed by atoms with Crippen LogP contribution in [0, 0.1) is 0 Å². The van der Waals surface area contributed by atoms with Gasteiger partial charge in [-0.1, -0.05) is 11.8 Å². The summed E-state index contributed by atoms with van der Waals surface area (Å²) < 4.78 is 0. The number of amides is 2. The number of carbonyl (C=O) groups excluding carboxylic acids is 2. The van der Waals surface area contributed by atoms with Gasteiger partial charge in [-0.05, 0) is 0 Å². The van der Waals surface area contributed by atoms with Crippen molar-refractivity contribution in [3.05, 3.63) is 16.7 Å². The number of aromatic amines is 1. The Bertz CT molecular complexity index is 486. The number of thioether (sulfide) groups is 1. The van der Waals surface area contributed by atoms with Gasteiger partial charge >= 0.3 is 5.69 Å². The van der Waals surface area contributed by atoms with Gasteiger partial charge in [0.2, 0.25) is 5.91 Å². The molecule has 1 aliphatic rings. The monoisotopic (exact) mass is 255 g/mol. The summed E-state index contributed by atoms with van der Waals surface area (Å²) in [6.07, 6.45) is 1.35. The standard InChI is InChI=1S/C8H9N5O3S/c14-6-4-17-8(16)13(6)2-1-9-5-3-10-12-7(15)11-5/h3H,1-2,4H2,(H2,9,11,12,15). The topological polar surface area (TPSA) is 108 Å². The number of carbonyl (C=O) groups is 2. The number of hydrogen-bond acceptors (Lipinski definition) is 7. The van der Waals surface area contributed by atoms with E-state index in [0.29, 0.717) is 12.4 Å². The molecule has 2 rings (SSSR count). The minimum Gasteiger partial charge on any atom is -0.367 e. The zero-order valence-corrected chi connectivity index (χ0v) is 9.49. The van der Waals surface area contributed by atoms with Crippen LogP contribution in [0.2, 0.25) is 0 Å².